The summed E-state index contributed by atoms with van der Waals surface area (Å²) in [6.45, 7) is 1.87. The van der Waals surface area contributed by atoms with E-state index in [1.807, 2.05) is 29.9 Å². The molecule has 6 nitrogen and oxygen atoms in total. The first kappa shape index (κ1) is 17.0. The van der Waals surface area contributed by atoms with E-state index < -0.39 is 10.0 Å². The van der Waals surface area contributed by atoms with Gasteiger partial charge in [0.25, 0.3) is 0 Å². The minimum Gasteiger partial charge on any atom is -0.495 e. The normalized spacial score (nSPS) is 21.6. The zero-order valence-corrected chi connectivity index (χ0v) is 14.8. The van der Waals surface area contributed by atoms with Crippen molar-refractivity contribution >= 4 is 10.0 Å². The minimum absolute atomic E-state index is 0.0410. The van der Waals surface area contributed by atoms with Gasteiger partial charge in [-0.2, -0.15) is 5.10 Å². The zero-order chi connectivity index (χ0) is 17.2. The molecule has 1 heterocycles. The van der Waals surface area contributed by atoms with Gasteiger partial charge in [0.15, 0.2) is 0 Å². The summed E-state index contributed by atoms with van der Waals surface area (Å²) in [6.07, 6.45) is 7.43. The molecular formula is C17H23N3O3S. The molecule has 1 saturated carbocycles. The van der Waals surface area contributed by atoms with E-state index >= 15 is 0 Å². The molecule has 0 saturated heterocycles. The van der Waals surface area contributed by atoms with Gasteiger partial charge in [-0.3, -0.25) is 4.68 Å². The third kappa shape index (κ3) is 3.47. The van der Waals surface area contributed by atoms with Crippen LogP contribution in [-0.2, 0) is 10.0 Å². The second-order valence-corrected chi connectivity index (χ2v) is 7.90. The lowest BCUT2D eigenvalue weighted by Crippen LogP contribution is -2.43. The molecule has 1 fully saturated rings. The number of hydrogen-bond acceptors (Lipinski definition) is 4. The molecule has 0 spiro atoms. The molecule has 1 aliphatic rings. The van der Waals surface area contributed by atoms with E-state index in [-0.39, 0.29) is 17.0 Å². The molecule has 0 aliphatic heterocycles. The van der Waals surface area contributed by atoms with Crippen LogP contribution in [0.25, 0.3) is 0 Å². The van der Waals surface area contributed by atoms with Crippen molar-refractivity contribution in [2.45, 2.75) is 49.6 Å². The average Bonchev–Trinajstić information content (AvgIpc) is 3.09. The van der Waals surface area contributed by atoms with Crippen molar-refractivity contribution in [1.29, 1.82) is 0 Å². The molecule has 3 rings (SSSR count). The molecule has 0 amide bonds. The van der Waals surface area contributed by atoms with Crippen molar-refractivity contribution in [2.75, 3.05) is 7.11 Å². The number of nitrogens with one attached hydrogen (secondary N) is 1. The molecule has 7 heteroatoms. The molecule has 1 aliphatic carbocycles. The maximum absolute atomic E-state index is 12.9. The van der Waals surface area contributed by atoms with Crippen molar-refractivity contribution in [3.05, 3.63) is 42.2 Å². The number of ether oxygens (including phenoxy) is 1. The van der Waals surface area contributed by atoms with Gasteiger partial charge in [-0.05, 0) is 43.5 Å². The second kappa shape index (κ2) is 6.94. The summed E-state index contributed by atoms with van der Waals surface area (Å²) in [5.74, 6) is 0.361. The first-order chi connectivity index (χ1) is 11.5. The predicted octanol–water partition coefficient (Wildman–Crippen LogP) is 2.66. The molecule has 2 atom stereocenters. The van der Waals surface area contributed by atoms with Crippen LogP contribution in [0.5, 0.6) is 5.75 Å². The van der Waals surface area contributed by atoms with E-state index in [9.17, 15) is 8.42 Å². The maximum atomic E-state index is 12.9. The lowest BCUT2D eigenvalue weighted by Gasteiger charge is -2.32. The summed E-state index contributed by atoms with van der Waals surface area (Å²) >= 11 is 0. The zero-order valence-electron chi connectivity index (χ0n) is 14.0. The summed E-state index contributed by atoms with van der Waals surface area (Å²) in [7, 11) is -2.18. The molecule has 130 valence electrons. The highest BCUT2D eigenvalue weighted by Gasteiger charge is 2.32. The standard InChI is InChI=1S/C17H23N3O3S/c1-13-8-9-16(23-2)17(12-13)24(21,22)19-14-6-3-4-7-15(14)20-11-5-10-18-20/h5,8-12,14-15,19H,3-4,6-7H2,1-2H3/t14-,15-/m1/s1. The molecule has 2 aromatic rings. The number of sulfonamides is 1. The van der Waals surface area contributed by atoms with Gasteiger partial charge < -0.3 is 4.74 Å². The highest BCUT2D eigenvalue weighted by atomic mass is 32.2. The van der Waals surface area contributed by atoms with Crippen LogP contribution >= 0.6 is 0 Å². The molecule has 24 heavy (non-hydrogen) atoms. The summed E-state index contributed by atoms with van der Waals surface area (Å²) < 4.78 is 35.8. The summed E-state index contributed by atoms with van der Waals surface area (Å²) in [4.78, 5) is 0.190. The van der Waals surface area contributed by atoms with Crippen LogP contribution in [0.4, 0.5) is 0 Å². The third-order valence-electron chi connectivity index (χ3n) is 4.51. The Bertz CT molecular complexity index is 787. The number of aromatic nitrogens is 2. The average molecular weight is 349 g/mol. The van der Waals surface area contributed by atoms with Crippen LogP contribution in [-0.4, -0.2) is 31.3 Å². The molecule has 0 radical (unpaired) electrons. The fourth-order valence-electron chi connectivity index (χ4n) is 3.30. The van der Waals surface area contributed by atoms with Crippen molar-refractivity contribution < 1.29 is 13.2 Å². The number of rotatable bonds is 5. The van der Waals surface area contributed by atoms with Gasteiger partial charge in [0.05, 0.1) is 13.2 Å². The second-order valence-electron chi connectivity index (χ2n) is 6.22. The fourth-order valence-corrected chi connectivity index (χ4v) is 4.86. The lowest BCUT2D eigenvalue weighted by molar-refractivity contribution is 0.270. The van der Waals surface area contributed by atoms with Gasteiger partial charge in [0.1, 0.15) is 10.6 Å². The molecule has 1 N–H and O–H groups in total. The largest absolute Gasteiger partial charge is 0.495 e. The van der Waals surface area contributed by atoms with Crippen LogP contribution in [0.15, 0.2) is 41.6 Å². The smallest absolute Gasteiger partial charge is 0.244 e. The molecule has 1 aromatic heterocycles. The number of aryl methyl sites for hydroxylation is 1. The van der Waals surface area contributed by atoms with E-state index in [1.165, 1.54) is 7.11 Å². The predicted molar refractivity (Wildman–Crippen MR) is 91.6 cm³/mol. The van der Waals surface area contributed by atoms with Gasteiger partial charge in [-0.25, -0.2) is 13.1 Å². The van der Waals surface area contributed by atoms with Gasteiger partial charge in [0.2, 0.25) is 10.0 Å². The van der Waals surface area contributed by atoms with E-state index in [4.69, 9.17) is 4.74 Å². The lowest BCUT2D eigenvalue weighted by atomic mass is 9.91. The van der Waals surface area contributed by atoms with Crippen molar-refractivity contribution in [1.82, 2.24) is 14.5 Å². The van der Waals surface area contributed by atoms with Gasteiger partial charge in [-0.1, -0.05) is 18.9 Å². The number of nitrogens with zero attached hydrogens (tertiary/aromatic N) is 2. The number of methoxy groups -OCH3 is 1. The Kier molecular flexibility index (Phi) is 4.91. The maximum Gasteiger partial charge on any atom is 0.244 e. The van der Waals surface area contributed by atoms with Crippen LogP contribution in [0.3, 0.4) is 0 Å². The Balaban J connectivity index is 1.89. The Morgan fingerprint density at radius 2 is 2.08 bits per heavy atom. The van der Waals surface area contributed by atoms with Crippen LogP contribution in [0.2, 0.25) is 0 Å². The van der Waals surface area contributed by atoms with Crippen molar-refractivity contribution in [3.8, 4) is 5.75 Å². The quantitative estimate of drug-likeness (QED) is 0.901. The first-order valence-electron chi connectivity index (χ1n) is 8.17. The Morgan fingerprint density at radius 3 is 2.79 bits per heavy atom. The SMILES string of the molecule is COc1ccc(C)cc1S(=O)(=O)N[C@@H]1CCCC[C@H]1n1cccn1. The van der Waals surface area contributed by atoms with Gasteiger partial charge in [0, 0.05) is 18.4 Å². The van der Waals surface area contributed by atoms with E-state index in [0.717, 1.165) is 31.2 Å². The molecule has 0 bridgehead atoms. The Labute approximate surface area is 142 Å². The topological polar surface area (TPSA) is 73.2 Å². The summed E-state index contributed by atoms with van der Waals surface area (Å²) in [5.41, 5.74) is 0.878. The Morgan fingerprint density at radius 1 is 1.29 bits per heavy atom. The first-order valence-corrected chi connectivity index (χ1v) is 9.65. The minimum atomic E-state index is -3.67. The van der Waals surface area contributed by atoms with Crippen molar-refractivity contribution in [2.24, 2.45) is 0 Å². The highest BCUT2D eigenvalue weighted by molar-refractivity contribution is 7.89. The van der Waals surface area contributed by atoms with Crippen LogP contribution < -0.4 is 9.46 Å². The van der Waals surface area contributed by atoms with Crippen LogP contribution in [0, 0.1) is 6.92 Å². The molecule has 1 aromatic carbocycles. The van der Waals surface area contributed by atoms with Crippen LogP contribution in [0.1, 0.15) is 37.3 Å². The fraction of sp³-hybridized carbons (Fsp3) is 0.471. The van der Waals surface area contributed by atoms with E-state index in [1.54, 1.807) is 18.3 Å². The van der Waals surface area contributed by atoms with Gasteiger partial charge in [-0.15, -0.1) is 0 Å². The summed E-state index contributed by atoms with van der Waals surface area (Å²) in [6, 6.07) is 6.91. The number of hydrogen-bond donors (Lipinski definition) is 1. The Hall–Kier alpha value is -1.86. The van der Waals surface area contributed by atoms with Crippen molar-refractivity contribution in [3.63, 3.8) is 0 Å². The molecular weight excluding hydrogens is 326 g/mol. The highest BCUT2D eigenvalue weighted by Crippen LogP contribution is 2.31. The summed E-state index contributed by atoms with van der Waals surface area (Å²) in [5, 5.41) is 4.30. The number of benzene rings is 1. The molecule has 0 unspecified atom stereocenters. The van der Waals surface area contributed by atoms with E-state index in [2.05, 4.69) is 9.82 Å². The monoisotopic (exact) mass is 349 g/mol. The van der Waals surface area contributed by atoms with E-state index in [0.29, 0.717) is 5.75 Å². The third-order valence-corrected chi connectivity index (χ3v) is 6.02. The van der Waals surface area contributed by atoms with Gasteiger partial charge >= 0.3 is 0 Å².